The van der Waals surface area contributed by atoms with Gasteiger partial charge in [0, 0.05) is 64.0 Å². The molecule has 30 heavy (non-hydrogen) atoms. The van der Waals surface area contributed by atoms with Crippen LogP contribution in [0, 0.1) is 0 Å². The quantitative estimate of drug-likeness (QED) is 0.374. The summed E-state index contributed by atoms with van der Waals surface area (Å²) < 4.78 is 2.05. The lowest BCUT2D eigenvalue weighted by Gasteiger charge is -2.36. The molecule has 4 rings (SSSR count). The minimum absolute atomic E-state index is 0.801. The average Bonchev–Trinajstić information content (AvgIpc) is 3.18. The molecule has 3 heterocycles. The number of hydrogen-bond acceptors (Lipinski definition) is 4. The van der Waals surface area contributed by atoms with Gasteiger partial charge in [0.05, 0.1) is 0 Å². The Morgan fingerprint density at radius 1 is 1.10 bits per heavy atom. The van der Waals surface area contributed by atoms with Crippen LogP contribution in [0.1, 0.15) is 17.8 Å². The average molecular weight is 426 g/mol. The zero-order valence-electron chi connectivity index (χ0n) is 17.3. The van der Waals surface area contributed by atoms with E-state index in [0.717, 1.165) is 74.6 Å². The van der Waals surface area contributed by atoms with Gasteiger partial charge in [-0.2, -0.15) is 0 Å². The highest BCUT2D eigenvalue weighted by Gasteiger charge is 2.19. The fourth-order valence-electron chi connectivity index (χ4n) is 3.85. The highest BCUT2D eigenvalue weighted by molar-refractivity contribution is 6.30. The maximum absolute atomic E-state index is 6.11. The van der Waals surface area contributed by atoms with Gasteiger partial charge in [-0.25, -0.2) is 0 Å². The second kappa shape index (κ2) is 9.91. The van der Waals surface area contributed by atoms with Crippen LogP contribution in [0.5, 0.6) is 0 Å². The lowest BCUT2D eigenvalue weighted by Crippen LogP contribution is -2.52. The number of nitrogens with one attached hydrogen (secondary N) is 1. The van der Waals surface area contributed by atoms with Crippen molar-refractivity contribution in [2.75, 3.05) is 39.8 Å². The molecular formula is C22H28ClN7. The van der Waals surface area contributed by atoms with Crippen molar-refractivity contribution in [1.29, 1.82) is 0 Å². The Morgan fingerprint density at radius 2 is 1.97 bits per heavy atom. The van der Waals surface area contributed by atoms with E-state index in [1.807, 2.05) is 54.0 Å². The number of halogens is 1. The predicted octanol–water partition coefficient (Wildman–Crippen LogP) is 2.71. The van der Waals surface area contributed by atoms with Gasteiger partial charge in [-0.1, -0.05) is 29.8 Å². The summed E-state index contributed by atoms with van der Waals surface area (Å²) in [5.41, 5.74) is 2.16. The minimum Gasteiger partial charge on any atom is -0.356 e. The molecule has 0 aliphatic carbocycles. The Balaban J connectivity index is 1.21. The monoisotopic (exact) mass is 425 g/mol. The molecule has 0 atom stereocenters. The van der Waals surface area contributed by atoms with E-state index in [9.17, 15) is 0 Å². The molecule has 0 saturated carbocycles. The van der Waals surface area contributed by atoms with Crippen molar-refractivity contribution in [3.63, 3.8) is 0 Å². The second-order valence-corrected chi connectivity index (χ2v) is 7.95. The second-order valence-electron chi connectivity index (χ2n) is 7.52. The summed E-state index contributed by atoms with van der Waals surface area (Å²) in [6.45, 7) is 5.76. The number of hydrogen-bond donors (Lipinski definition) is 1. The first-order chi connectivity index (χ1) is 14.7. The summed E-state index contributed by atoms with van der Waals surface area (Å²) in [4.78, 5) is 9.28. The molecule has 7 nitrogen and oxygen atoms in total. The Hall–Kier alpha value is -2.64. The van der Waals surface area contributed by atoms with Crippen LogP contribution in [0.2, 0.25) is 5.02 Å². The molecular weight excluding hydrogens is 398 g/mol. The minimum atomic E-state index is 0.801. The van der Waals surface area contributed by atoms with Crippen LogP contribution < -0.4 is 5.32 Å². The first-order valence-corrected chi connectivity index (χ1v) is 10.8. The zero-order valence-corrected chi connectivity index (χ0v) is 18.1. The van der Waals surface area contributed by atoms with Crippen molar-refractivity contribution in [2.45, 2.75) is 19.4 Å². The van der Waals surface area contributed by atoms with Crippen molar-refractivity contribution in [3.05, 3.63) is 65.1 Å². The molecule has 0 spiro atoms. The number of aryl methyl sites for hydroxylation is 1. The van der Waals surface area contributed by atoms with E-state index in [-0.39, 0.29) is 0 Å². The number of aliphatic imine (C=N–C) groups is 1. The first kappa shape index (κ1) is 20.6. The fraction of sp³-hybridized carbons (Fsp3) is 0.409. The topological polar surface area (TPSA) is 61.1 Å². The Bertz CT molecular complexity index is 992. The van der Waals surface area contributed by atoms with Gasteiger partial charge in [-0.15, -0.1) is 10.2 Å². The van der Waals surface area contributed by atoms with Crippen LogP contribution in [0.15, 0.2) is 53.7 Å². The van der Waals surface area contributed by atoms with Gasteiger partial charge in [0.25, 0.3) is 0 Å². The van der Waals surface area contributed by atoms with E-state index in [2.05, 4.69) is 36.4 Å². The van der Waals surface area contributed by atoms with Crippen LogP contribution >= 0.6 is 11.6 Å². The number of guanidine groups is 1. The summed E-state index contributed by atoms with van der Waals surface area (Å²) in [6.07, 6.45) is 3.87. The number of rotatable bonds is 6. The van der Waals surface area contributed by atoms with E-state index in [0.29, 0.717) is 0 Å². The molecule has 8 heteroatoms. The number of fused-ring (bicyclic) bond motifs is 1. The molecule has 1 fully saturated rings. The number of pyridine rings is 1. The zero-order chi connectivity index (χ0) is 20.8. The van der Waals surface area contributed by atoms with E-state index in [1.54, 1.807) is 0 Å². The van der Waals surface area contributed by atoms with Crippen molar-refractivity contribution >= 4 is 23.2 Å². The summed E-state index contributed by atoms with van der Waals surface area (Å²) in [5.74, 6) is 1.97. The molecule has 1 aliphatic heterocycles. The largest absolute Gasteiger partial charge is 0.356 e. The van der Waals surface area contributed by atoms with Crippen molar-refractivity contribution in [1.82, 2.24) is 29.7 Å². The van der Waals surface area contributed by atoms with Gasteiger partial charge in [0.2, 0.25) is 0 Å². The van der Waals surface area contributed by atoms with Crippen LogP contribution in [0.3, 0.4) is 0 Å². The van der Waals surface area contributed by atoms with Gasteiger partial charge in [0.15, 0.2) is 11.6 Å². The third-order valence-electron chi connectivity index (χ3n) is 5.42. The molecule has 2 aromatic heterocycles. The SMILES string of the molecule is CN=C(NCCCc1nnc2ccccn12)N1CCN(Cc2cccc(Cl)c2)CC1. The van der Waals surface area contributed by atoms with E-state index in [4.69, 9.17) is 11.6 Å². The smallest absolute Gasteiger partial charge is 0.193 e. The van der Waals surface area contributed by atoms with Gasteiger partial charge >= 0.3 is 0 Å². The standard InChI is InChI=1S/C22H28ClN7/c1-24-22(25-10-5-9-21-27-26-20-8-2-3-11-30(20)21)29-14-12-28(13-15-29)17-18-6-4-7-19(23)16-18/h2-4,6-8,11,16H,5,9-10,12-15,17H2,1H3,(H,24,25). The van der Waals surface area contributed by atoms with Crippen molar-refractivity contribution in [2.24, 2.45) is 4.99 Å². The van der Waals surface area contributed by atoms with Gasteiger partial charge < -0.3 is 10.2 Å². The van der Waals surface area contributed by atoms with E-state index in [1.165, 1.54) is 5.56 Å². The Morgan fingerprint density at radius 3 is 2.77 bits per heavy atom. The lowest BCUT2D eigenvalue weighted by atomic mass is 10.2. The van der Waals surface area contributed by atoms with Crippen LogP contribution in [0.4, 0.5) is 0 Å². The Labute approximate surface area is 182 Å². The fourth-order valence-corrected chi connectivity index (χ4v) is 4.06. The van der Waals surface area contributed by atoms with Crippen molar-refractivity contribution in [3.8, 4) is 0 Å². The summed E-state index contributed by atoms with van der Waals surface area (Å²) in [5, 5.41) is 12.8. The molecule has 3 aromatic rings. The highest BCUT2D eigenvalue weighted by atomic mass is 35.5. The van der Waals surface area contributed by atoms with Crippen LogP contribution in [0.25, 0.3) is 5.65 Å². The van der Waals surface area contributed by atoms with Gasteiger partial charge in [-0.3, -0.25) is 14.3 Å². The van der Waals surface area contributed by atoms with E-state index >= 15 is 0 Å². The van der Waals surface area contributed by atoms with Crippen LogP contribution in [-0.2, 0) is 13.0 Å². The summed E-state index contributed by atoms with van der Waals surface area (Å²) in [7, 11) is 1.85. The summed E-state index contributed by atoms with van der Waals surface area (Å²) in [6, 6.07) is 14.1. The third kappa shape index (κ3) is 5.09. The molecule has 0 amide bonds. The Kier molecular flexibility index (Phi) is 6.81. The highest BCUT2D eigenvalue weighted by Crippen LogP contribution is 2.14. The van der Waals surface area contributed by atoms with Gasteiger partial charge in [0.1, 0.15) is 5.82 Å². The normalized spacial score (nSPS) is 15.7. The predicted molar refractivity (Wildman–Crippen MR) is 121 cm³/mol. The molecule has 158 valence electrons. The third-order valence-corrected chi connectivity index (χ3v) is 5.66. The van der Waals surface area contributed by atoms with Crippen LogP contribution in [-0.4, -0.2) is 70.1 Å². The first-order valence-electron chi connectivity index (χ1n) is 10.4. The molecule has 1 aliphatic rings. The van der Waals surface area contributed by atoms with Crippen molar-refractivity contribution < 1.29 is 0 Å². The number of piperazine rings is 1. The molecule has 1 saturated heterocycles. The summed E-state index contributed by atoms with van der Waals surface area (Å²) >= 11 is 6.11. The lowest BCUT2D eigenvalue weighted by molar-refractivity contribution is 0.172. The molecule has 0 radical (unpaired) electrons. The maximum atomic E-state index is 6.11. The number of aromatic nitrogens is 3. The maximum Gasteiger partial charge on any atom is 0.193 e. The number of benzene rings is 1. The van der Waals surface area contributed by atoms with Gasteiger partial charge in [-0.05, 0) is 36.2 Å². The molecule has 1 aromatic carbocycles. The molecule has 1 N–H and O–H groups in total. The molecule has 0 unspecified atom stereocenters. The number of nitrogens with zero attached hydrogens (tertiary/aromatic N) is 6. The molecule has 0 bridgehead atoms. The van der Waals surface area contributed by atoms with E-state index < -0.39 is 0 Å².